The van der Waals surface area contributed by atoms with Crippen LogP contribution in [0.5, 0.6) is 0 Å². The van der Waals surface area contributed by atoms with Gasteiger partial charge < -0.3 is 10.5 Å². The first-order valence-corrected chi connectivity index (χ1v) is 8.10. The molecule has 2 rings (SSSR count). The fourth-order valence-corrected chi connectivity index (χ4v) is 3.35. The van der Waals surface area contributed by atoms with Gasteiger partial charge in [0.1, 0.15) is 11.8 Å². The number of thioether (sulfide) groups is 2. The first-order valence-electron chi connectivity index (χ1n) is 5.72. The smallest absolute Gasteiger partial charge is 0.364 e. The number of nitrogens with zero attached hydrogens (tertiary/aromatic N) is 2. The maximum Gasteiger partial charge on any atom is 0.364 e. The fourth-order valence-electron chi connectivity index (χ4n) is 1.82. The second-order valence-corrected chi connectivity index (χ2v) is 6.00. The number of carbonyl (C=O) groups excluding carboxylic acids is 1. The number of aldehydes is 1. The van der Waals surface area contributed by atoms with Crippen LogP contribution in [0, 0.1) is 5.21 Å². The molecule has 1 fully saturated rings. The summed E-state index contributed by atoms with van der Waals surface area (Å²) < 4.78 is 0.635. The van der Waals surface area contributed by atoms with Gasteiger partial charge >= 0.3 is 5.16 Å². The summed E-state index contributed by atoms with van der Waals surface area (Å²) >= 11 is 3.21. The standard InChI is InChI=1S/C11H15N3O2S2/c1-17-11-13-10(8(7-15)6-14(11)16)12-9-2-4-18-5-3-9/h6-7,9H,2-5H2,1H3,(H,12,13). The van der Waals surface area contributed by atoms with Gasteiger partial charge in [0, 0.05) is 6.04 Å². The molecule has 0 bridgehead atoms. The van der Waals surface area contributed by atoms with E-state index >= 15 is 0 Å². The largest absolute Gasteiger partial charge is 0.710 e. The molecule has 1 aliphatic heterocycles. The van der Waals surface area contributed by atoms with Crippen molar-refractivity contribution in [3.05, 3.63) is 17.0 Å². The van der Waals surface area contributed by atoms with Crippen LogP contribution in [0.15, 0.2) is 11.4 Å². The Morgan fingerprint density at radius 1 is 1.61 bits per heavy atom. The topological polar surface area (TPSA) is 68.9 Å². The monoisotopic (exact) mass is 285 g/mol. The van der Waals surface area contributed by atoms with E-state index in [1.165, 1.54) is 18.0 Å². The Labute approximate surface area is 114 Å². The average Bonchev–Trinajstić information content (AvgIpc) is 2.41. The number of nitrogens with one attached hydrogen (secondary N) is 1. The normalized spacial score (nSPS) is 16.5. The van der Waals surface area contributed by atoms with Crippen LogP contribution in [0.3, 0.4) is 0 Å². The SMILES string of the molecule is CSc1nc(NC2CCSCC2)c(C=O)c[n+]1[O-]. The molecule has 0 spiro atoms. The maximum atomic E-state index is 11.5. The summed E-state index contributed by atoms with van der Waals surface area (Å²) in [5.74, 6) is 2.77. The van der Waals surface area contributed by atoms with Crippen LogP contribution in [0.4, 0.5) is 5.82 Å². The fraction of sp³-hybridized carbons (Fsp3) is 0.545. The van der Waals surface area contributed by atoms with Gasteiger partial charge in [-0.25, -0.2) is 4.73 Å². The van der Waals surface area contributed by atoms with Gasteiger partial charge in [-0.2, -0.15) is 11.8 Å². The summed E-state index contributed by atoms with van der Waals surface area (Å²) in [5, 5.41) is 15.2. The van der Waals surface area contributed by atoms with Gasteiger partial charge in [0.2, 0.25) is 0 Å². The number of aromatic nitrogens is 2. The van der Waals surface area contributed by atoms with Crippen LogP contribution in [0.25, 0.3) is 0 Å². The van der Waals surface area contributed by atoms with Crippen molar-refractivity contribution in [2.45, 2.75) is 24.0 Å². The minimum atomic E-state index is 0.320. The van der Waals surface area contributed by atoms with E-state index in [1.807, 2.05) is 11.8 Å². The molecule has 0 aliphatic carbocycles. The summed E-state index contributed by atoms with van der Waals surface area (Å²) in [4.78, 5) is 15.2. The van der Waals surface area contributed by atoms with Crippen molar-refractivity contribution in [2.24, 2.45) is 0 Å². The molecule has 2 heterocycles. The molecule has 1 aliphatic rings. The van der Waals surface area contributed by atoms with E-state index in [4.69, 9.17) is 0 Å². The van der Waals surface area contributed by atoms with Crippen molar-refractivity contribution < 1.29 is 9.52 Å². The summed E-state index contributed by atoms with van der Waals surface area (Å²) in [5.41, 5.74) is 0.320. The molecule has 5 nitrogen and oxygen atoms in total. The molecule has 0 aromatic carbocycles. The van der Waals surface area contributed by atoms with Crippen LogP contribution < -0.4 is 10.0 Å². The molecule has 1 saturated heterocycles. The highest BCUT2D eigenvalue weighted by Crippen LogP contribution is 2.22. The van der Waals surface area contributed by atoms with Crippen molar-refractivity contribution in [1.29, 1.82) is 0 Å². The molecule has 7 heteroatoms. The van der Waals surface area contributed by atoms with Crippen LogP contribution in [0.2, 0.25) is 0 Å². The van der Waals surface area contributed by atoms with Gasteiger partial charge in [0.05, 0.1) is 0 Å². The summed E-state index contributed by atoms with van der Waals surface area (Å²) in [6.45, 7) is 0. The van der Waals surface area contributed by atoms with E-state index in [0.29, 0.717) is 33.6 Å². The summed E-state index contributed by atoms with van der Waals surface area (Å²) in [6.07, 6.45) is 5.87. The van der Waals surface area contributed by atoms with Gasteiger partial charge in [-0.1, -0.05) is 0 Å². The molecule has 18 heavy (non-hydrogen) atoms. The van der Waals surface area contributed by atoms with Crippen LogP contribution in [-0.2, 0) is 0 Å². The molecule has 0 atom stereocenters. The van der Waals surface area contributed by atoms with E-state index < -0.39 is 0 Å². The van der Waals surface area contributed by atoms with Gasteiger partial charge in [0.25, 0.3) is 5.82 Å². The van der Waals surface area contributed by atoms with Gasteiger partial charge in [-0.3, -0.25) is 4.79 Å². The predicted octanol–water partition coefficient (Wildman–Crippen LogP) is 1.56. The molecule has 1 aromatic heterocycles. The van der Waals surface area contributed by atoms with E-state index in [0.717, 1.165) is 24.3 Å². The van der Waals surface area contributed by atoms with Crippen molar-refractivity contribution >= 4 is 35.6 Å². The molecular formula is C11H15N3O2S2. The molecule has 1 N–H and O–H groups in total. The second-order valence-electron chi connectivity index (χ2n) is 4.01. The first kappa shape index (κ1) is 13.5. The Hall–Kier alpha value is -0.950. The minimum Gasteiger partial charge on any atom is -0.710 e. The number of hydrogen-bond donors (Lipinski definition) is 1. The predicted molar refractivity (Wildman–Crippen MR) is 74.3 cm³/mol. The third-order valence-electron chi connectivity index (χ3n) is 2.80. The Bertz CT molecular complexity index is 437. The maximum absolute atomic E-state index is 11.5. The zero-order valence-electron chi connectivity index (χ0n) is 10.1. The van der Waals surface area contributed by atoms with Crippen LogP contribution in [0.1, 0.15) is 23.2 Å². The molecule has 0 radical (unpaired) electrons. The van der Waals surface area contributed by atoms with E-state index in [2.05, 4.69) is 10.3 Å². The Morgan fingerprint density at radius 3 is 2.94 bits per heavy atom. The molecular weight excluding hydrogens is 270 g/mol. The lowest BCUT2D eigenvalue weighted by Gasteiger charge is -2.22. The molecule has 1 aromatic rings. The van der Waals surface area contributed by atoms with Crippen molar-refractivity contribution in [3.63, 3.8) is 0 Å². The lowest BCUT2D eigenvalue weighted by atomic mass is 10.1. The van der Waals surface area contributed by atoms with Crippen LogP contribution in [-0.4, -0.2) is 35.1 Å². The van der Waals surface area contributed by atoms with Crippen LogP contribution >= 0.6 is 23.5 Å². The summed E-state index contributed by atoms with van der Waals surface area (Å²) in [7, 11) is 0. The number of carbonyl (C=O) groups is 1. The molecule has 98 valence electrons. The zero-order valence-corrected chi connectivity index (χ0v) is 11.7. The number of hydrogen-bond acceptors (Lipinski definition) is 6. The van der Waals surface area contributed by atoms with Crippen molar-refractivity contribution in [3.8, 4) is 0 Å². The lowest BCUT2D eigenvalue weighted by Crippen LogP contribution is -2.33. The minimum absolute atomic E-state index is 0.320. The van der Waals surface area contributed by atoms with Gasteiger partial charge in [-0.15, -0.1) is 0 Å². The highest BCUT2D eigenvalue weighted by molar-refractivity contribution is 7.99. The van der Waals surface area contributed by atoms with Crippen molar-refractivity contribution in [2.75, 3.05) is 23.1 Å². The average molecular weight is 285 g/mol. The number of rotatable bonds is 4. The molecule has 0 unspecified atom stereocenters. The molecule has 0 amide bonds. The van der Waals surface area contributed by atoms with Gasteiger partial charge in [-0.05, 0) is 47.3 Å². The van der Waals surface area contributed by atoms with E-state index in [-0.39, 0.29) is 0 Å². The Morgan fingerprint density at radius 2 is 2.33 bits per heavy atom. The third kappa shape index (κ3) is 3.08. The highest BCUT2D eigenvalue weighted by atomic mass is 32.2. The third-order valence-corrected chi connectivity index (χ3v) is 4.48. The van der Waals surface area contributed by atoms with E-state index in [1.54, 1.807) is 6.26 Å². The van der Waals surface area contributed by atoms with E-state index in [9.17, 15) is 10.0 Å². The quantitative estimate of drug-likeness (QED) is 0.298. The Kier molecular flexibility index (Phi) is 4.71. The Balaban J connectivity index is 2.21. The first-order chi connectivity index (χ1) is 8.74. The zero-order chi connectivity index (χ0) is 13.0. The van der Waals surface area contributed by atoms with Crippen molar-refractivity contribution in [1.82, 2.24) is 4.98 Å². The lowest BCUT2D eigenvalue weighted by molar-refractivity contribution is -0.650. The van der Waals surface area contributed by atoms with Gasteiger partial charge in [0.15, 0.2) is 6.29 Å². The second kappa shape index (κ2) is 6.29. The highest BCUT2D eigenvalue weighted by Gasteiger charge is 2.21. The summed E-state index contributed by atoms with van der Waals surface area (Å²) in [6, 6.07) is 0.342. The molecule has 0 saturated carbocycles. The number of anilines is 1.